The molecule has 138 valence electrons. The summed E-state index contributed by atoms with van der Waals surface area (Å²) in [6, 6.07) is 12.0. The van der Waals surface area contributed by atoms with Crippen molar-refractivity contribution in [2.24, 2.45) is 0 Å². The molecule has 27 heavy (non-hydrogen) atoms. The number of rotatable bonds is 4. The lowest BCUT2D eigenvalue weighted by atomic mass is 9.98. The van der Waals surface area contributed by atoms with Crippen LogP contribution in [0.5, 0.6) is 0 Å². The van der Waals surface area contributed by atoms with Crippen LogP contribution in [0.15, 0.2) is 59.7 Å². The predicted octanol–water partition coefficient (Wildman–Crippen LogP) is 3.70. The summed E-state index contributed by atoms with van der Waals surface area (Å²) < 4.78 is 13.6. The van der Waals surface area contributed by atoms with Gasteiger partial charge >= 0.3 is 0 Å². The highest BCUT2D eigenvalue weighted by Gasteiger charge is 2.26. The van der Waals surface area contributed by atoms with Crippen LogP contribution >= 0.6 is 0 Å². The molecule has 0 bridgehead atoms. The SMILES string of the molecule is O=c1cc([C@H]2CCCCN2Cc2cccc(F)c2)nc(-c2ccncc2)[nH]1. The molecule has 1 aliphatic heterocycles. The molecule has 0 amide bonds. The van der Waals surface area contributed by atoms with Crippen LogP contribution in [0, 0.1) is 5.82 Å². The third-order valence-corrected chi connectivity index (χ3v) is 4.95. The molecule has 0 unspecified atom stereocenters. The number of piperidine rings is 1. The van der Waals surface area contributed by atoms with Crippen molar-refractivity contribution in [3.05, 3.63) is 82.3 Å². The van der Waals surface area contributed by atoms with Crippen molar-refractivity contribution in [1.82, 2.24) is 19.9 Å². The Hall–Kier alpha value is -2.86. The van der Waals surface area contributed by atoms with Crippen LogP contribution in [0.2, 0.25) is 0 Å². The first kappa shape index (κ1) is 17.5. The minimum Gasteiger partial charge on any atom is -0.307 e. The number of benzene rings is 1. The largest absolute Gasteiger partial charge is 0.307 e. The number of halogens is 1. The maximum atomic E-state index is 13.6. The summed E-state index contributed by atoms with van der Waals surface area (Å²) in [6.45, 7) is 1.54. The maximum absolute atomic E-state index is 13.6. The molecule has 1 fully saturated rings. The average Bonchev–Trinajstić information content (AvgIpc) is 2.69. The van der Waals surface area contributed by atoms with Crippen molar-refractivity contribution >= 4 is 0 Å². The van der Waals surface area contributed by atoms with E-state index in [2.05, 4.69) is 14.9 Å². The van der Waals surface area contributed by atoms with E-state index in [0.717, 1.165) is 42.6 Å². The van der Waals surface area contributed by atoms with Crippen LogP contribution in [0.1, 0.15) is 36.6 Å². The van der Waals surface area contributed by atoms with E-state index in [-0.39, 0.29) is 17.4 Å². The number of H-pyrrole nitrogens is 1. The van der Waals surface area contributed by atoms with Gasteiger partial charge in [0.15, 0.2) is 0 Å². The van der Waals surface area contributed by atoms with Crippen LogP contribution < -0.4 is 5.56 Å². The number of nitrogens with zero attached hydrogens (tertiary/aromatic N) is 3. The summed E-state index contributed by atoms with van der Waals surface area (Å²) >= 11 is 0. The molecular weight excluding hydrogens is 343 g/mol. The highest BCUT2D eigenvalue weighted by atomic mass is 19.1. The van der Waals surface area contributed by atoms with E-state index in [9.17, 15) is 9.18 Å². The smallest absolute Gasteiger partial charge is 0.251 e. The lowest BCUT2D eigenvalue weighted by Gasteiger charge is -2.35. The molecule has 0 saturated carbocycles. The fourth-order valence-electron chi connectivity index (χ4n) is 3.68. The van der Waals surface area contributed by atoms with Crippen LogP contribution in [0.4, 0.5) is 4.39 Å². The second-order valence-electron chi connectivity index (χ2n) is 6.87. The van der Waals surface area contributed by atoms with Crippen LogP contribution in [-0.4, -0.2) is 26.4 Å². The van der Waals surface area contributed by atoms with Crippen molar-refractivity contribution in [3.8, 4) is 11.4 Å². The molecule has 5 nitrogen and oxygen atoms in total. The maximum Gasteiger partial charge on any atom is 0.251 e. The number of likely N-dealkylation sites (tertiary alicyclic amines) is 1. The van der Waals surface area contributed by atoms with E-state index >= 15 is 0 Å². The van der Waals surface area contributed by atoms with E-state index in [1.165, 1.54) is 6.07 Å². The van der Waals surface area contributed by atoms with Gasteiger partial charge < -0.3 is 4.98 Å². The van der Waals surface area contributed by atoms with Gasteiger partial charge in [0.1, 0.15) is 11.6 Å². The number of pyridine rings is 1. The highest BCUT2D eigenvalue weighted by molar-refractivity contribution is 5.53. The molecule has 1 N–H and O–H groups in total. The van der Waals surface area contributed by atoms with Gasteiger partial charge in [-0.3, -0.25) is 14.7 Å². The quantitative estimate of drug-likeness (QED) is 0.767. The van der Waals surface area contributed by atoms with Gasteiger partial charge in [-0.05, 0) is 49.2 Å². The first-order valence-electron chi connectivity index (χ1n) is 9.19. The van der Waals surface area contributed by atoms with Crippen molar-refractivity contribution in [2.75, 3.05) is 6.54 Å². The van der Waals surface area contributed by atoms with Gasteiger partial charge in [-0.15, -0.1) is 0 Å². The number of hydrogen-bond acceptors (Lipinski definition) is 4. The van der Waals surface area contributed by atoms with Gasteiger partial charge in [0, 0.05) is 30.6 Å². The van der Waals surface area contributed by atoms with Crippen molar-refractivity contribution in [2.45, 2.75) is 31.8 Å². The molecule has 4 rings (SSSR count). The Balaban J connectivity index is 1.65. The molecule has 3 aromatic rings. The molecular formula is C21H21FN4O. The number of hydrogen-bond donors (Lipinski definition) is 1. The van der Waals surface area contributed by atoms with E-state index in [1.807, 2.05) is 18.2 Å². The molecule has 1 aliphatic rings. The molecule has 0 spiro atoms. The van der Waals surface area contributed by atoms with Gasteiger partial charge in [0.25, 0.3) is 5.56 Å². The molecule has 0 aliphatic carbocycles. The van der Waals surface area contributed by atoms with E-state index < -0.39 is 0 Å². The molecule has 1 atom stereocenters. The number of aromatic amines is 1. The summed E-state index contributed by atoms with van der Waals surface area (Å²) in [6.07, 6.45) is 6.47. The lowest BCUT2D eigenvalue weighted by Crippen LogP contribution is -2.34. The van der Waals surface area contributed by atoms with E-state index in [4.69, 9.17) is 4.98 Å². The van der Waals surface area contributed by atoms with Crippen LogP contribution in [-0.2, 0) is 6.54 Å². The number of nitrogens with one attached hydrogen (secondary N) is 1. The zero-order valence-corrected chi connectivity index (χ0v) is 14.9. The van der Waals surface area contributed by atoms with Crippen LogP contribution in [0.3, 0.4) is 0 Å². The molecule has 6 heteroatoms. The van der Waals surface area contributed by atoms with E-state index in [1.54, 1.807) is 30.6 Å². The van der Waals surface area contributed by atoms with Gasteiger partial charge in [0.05, 0.1) is 11.7 Å². The Morgan fingerprint density at radius 2 is 2.00 bits per heavy atom. The van der Waals surface area contributed by atoms with Crippen molar-refractivity contribution < 1.29 is 4.39 Å². The Labute approximate surface area is 156 Å². The fraction of sp³-hybridized carbons (Fsp3) is 0.286. The predicted molar refractivity (Wildman–Crippen MR) is 101 cm³/mol. The Kier molecular flexibility index (Phi) is 5.07. The summed E-state index contributed by atoms with van der Waals surface area (Å²) in [5.41, 5.74) is 2.36. The molecule has 2 aromatic heterocycles. The summed E-state index contributed by atoms with van der Waals surface area (Å²) in [7, 11) is 0. The van der Waals surface area contributed by atoms with Gasteiger partial charge in [-0.25, -0.2) is 9.37 Å². The third-order valence-electron chi connectivity index (χ3n) is 4.95. The average molecular weight is 364 g/mol. The molecule has 1 saturated heterocycles. The molecule has 3 heterocycles. The van der Waals surface area contributed by atoms with Crippen LogP contribution in [0.25, 0.3) is 11.4 Å². The zero-order valence-electron chi connectivity index (χ0n) is 14.9. The first-order chi connectivity index (χ1) is 13.2. The fourth-order valence-corrected chi connectivity index (χ4v) is 3.68. The minimum absolute atomic E-state index is 0.0462. The van der Waals surface area contributed by atoms with E-state index in [0.29, 0.717) is 12.4 Å². The highest BCUT2D eigenvalue weighted by Crippen LogP contribution is 2.31. The second kappa shape index (κ2) is 7.80. The Bertz CT molecular complexity index is 973. The molecule has 0 radical (unpaired) electrons. The number of aromatic nitrogens is 3. The van der Waals surface area contributed by atoms with Gasteiger partial charge in [0.2, 0.25) is 0 Å². The zero-order chi connectivity index (χ0) is 18.6. The van der Waals surface area contributed by atoms with Crippen molar-refractivity contribution in [1.29, 1.82) is 0 Å². The second-order valence-corrected chi connectivity index (χ2v) is 6.87. The lowest BCUT2D eigenvalue weighted by molar-refractivity contribution is 0.137. The van der Waals surface area contributed by atoms with Crippen molar-refractivity contribution in [3.63, 3.8) is 0 Å². The Morgan fingerprint density at radius 3 is 2.81 bits per heavy atom. The normalized spacial score (nSPS) is 17.7. The van der Waals surface area contributed by atoms with Gasteiger partial charge in [-0.1, -0.05) is 18.6 Å². The minimum atomic E-state index is -0.227. The summed E-state index contributed by atoms with van der Waals surface area (Å²) in [4.78, 5) is 26.1. The third kappa shape index (κ3) is 4.11. The Morgan fingerprint density at radius 1 is 1.15 bits per heavy atom. The monoisotopic (exact) mass is 364 g/mol. The van der Waals surface area contributed by atoms with Gasteiger partial charge in [-0.2, -0.15) is 0 Å². The first-order valence-corrected chi connectivity index (χ1v) is 9.19. The molecule has 1 aromatic carbocycles. The summed E-state index contributed by atoms with van der Waals surface area (Å²) in [5, 5.41) is 0. The topological polar surface area (TPSA) is 61.9 Å². The standard InChI is InChI=1S/C21H21FN4O/c22-17-5-3-4-15(12-17)14-26-11-2-1-6-19(26)18-13-20(27)25-21(24-18)16-7-9-23-10-8-16/h3-5,7-10,12-13,19H,1-2,6,11,14H2,(H,24,25,27)/t19-/m1/s1. The summed E-state index contributed by atoms with van der Waals surface area (Å²) in [5.74, 6) is 0.325.